The van der Waals surface area contributed by atoms with Crippen molar-refractivity contribution < 1.29 is 0 Å². The van der Waals surface area contributed by atoms with Crippen molar-refractivity contribution in [1.29, 1.82) is 0 Å². The summed E-state index contributed by atoms with van der Waals surface area (Å²) in [5, 5.41) is 4.47. The molecule has 0 saturated heterocycles. The van der Waals surface area contributed by atoms with Crippen LogP contribution in [0, 0.1) is 0 Å². The van der Waals surface area contributed by atoms with Crippen LogP contribution in [0.1, 0.15) is 52.1 Å². The predicted molar refractivity (Wildman–Crippen MR) is 89.5 cm³/mol. The molecule has 1 N–H and O–H groups in total. The first-order valence-electron chi connectivity index (χ1n) is 7.80. The van der Waals surface area contributed by atoms with Gasteiger partial charge in [0.2, 0.25) is 0 Å². The van der Waals surface area contributed by atoms with Gasteiger partial charge in [0.15, 0.2) is 0 Å². The lowest BCUT2D eigenvalue weighted by Crippen LogP contribution is -2.30. The van der Waals surface area contributed by atoms with E-state index in [1.54, 1.807) is 0 Å². The summed E-state index contributed by atoms with van der Waals surface area (Å²) in [6.07, 6.45) is 2.46. The zero-order valence-electron chi connectivity index (χ0n) is 13.3. The summed E-state index contributed by atoms with van der Waals surface area (Å²) >= 11 is 6.04. The van der Waals surface area contributed by atoms with Gasteiger partial charge in [0.1, 0.15) is 0 Å². The van der Waals surface area contributed by atoms with Crippen LogP contribution in [0.5, 0.6) is 0 Å². The van der Waals surface area contributed by atoms with E-state index in [2.05, 4.69) is 44.0 Å². The molecule has 2 nitrogen and oxygen atoms in total. The molecule has 0 fully saturated rings. The molecular weight excluding hydrogens is 268 g/mol. The molecule has 20 heavy (non-hydrogen) atoms. The van der Waals surface area contributed by atoms with Crippen LogP contribution in [-0.4, -0.2) is 30.6 Å². The molecule has 0 bridgehead atoms. The highest BCUT2D eigenvalue weighted by atomic mass is 35.5. The maximum Gasteiger partial charge on any atom is 0.0409 e. The molecule has 0 radical (unpaired) electrons. The highest BCUT2D eigenvalue weighted by Gasteiger charge is 2.10. The van der Waals surface area contributed by atoms with E-state index in [1.165, 1.54) is 24.9 Å². The average molecular weight is 297 g/mol. The second-order valence-corrected chi connectivity index (χ2v) is 5.95. The lowest BCUT2D eigenvalue weighted by molar-refractivity contribution is 0.288. The summed E-state index contributed by atoms with van der Waals surface area (Å²) in [5.41, 5.74) is 1.26. The average Bonchev–Trinajstić information content (AvgIpc) is 2.43. The van der Waals surface area contributed by atoms with E-state index in [0.717, 1.165) is 18.1 Å². The zero-order valence-corrected chi connectivity index (χ0v) is 14.1. The van der Waals surface area contributed by atoms with E-state index >= 15 is 0 Å². The first-order chi connectivity index (χ1) is 9.56. The van der Waals surface area contributed by atoms with Gasteiger partial charge in [0.05, 0.1) is 0 Å². The SMILES string of the molecule is CCN(CC)CCCC(C)NC(C)c1cccc(Cl)c1. The largest absolute Gasteiger partial charge is 0.308 e. The van der Waals surface area contributed by atoms with Crippen LogP contribution in [0.2, 0.25) is 5.02 Å². The maximum absolute atomic E-state index is 6.04. The quantitative estimate of drug-likeness (QED) is 0.722. The van der Waals surface area contributed by atoms with E-state index in [1.807, 2.05) is 18.2 Å². The third-order valence-electron chi connectivity index (χ3n) is 3.89. The van der Waals surface area contributed by atoms with Crippen LogP contribution in [0.4, 0.5) is 0 Å². The van der Waals surface area contributed by atoms with E-state index in [9.17, 15) is 0 Å². The van der Waals surface area contributed by atoms with Gasteiger partial charge in [-0.15, -0.1) is 0 Å². The normalized spacial score (nSPS) is 14.5. The number of benzene rings is 1. The zero-order chi connectivity index (χ0) is 15.0. The van der Waals surface area contributed by atoms with Crippen molar-refractivity contribution in [3.05, 3.63) is 34.9 Å². The summed E-state index contributed by atoms with van der Waals surface area (Å²) < 4.78 is 0. The van der Waals surface area contributed by atoms with Crippen LogP contribution < -0.4 is 5.32 Å². The lowest BCUT2D eigenvalue weighted by Gasteiger charge is -2.22. The van der Waals surface area contributed by atoms with Crippen molar-refractivity contribution in [2.45, 2.75) is 52.6 Å². The summed E-state index contributed by atoms with van der Waals surface area (Å²) in [7, 11) is 0. The fourth-order valence-electron chi connectivity index (χ4n) is 2.54. The second kappa shape index (κ2) is 9.38. The van der Waals surface area contributed by atoms with E-state index < -0.39 is 0 Å². The summed E-state index contributed by atoms with van der Waals surface area (Å²) in [5.74, 6) is 0. The van der Waals surface area contributed by atoms with Gasteiger partial charge in [-0.3, -0.25) is 0 Å². The van der Waals surface area contributed by atoms with Crippen molar-refractivity contribution in [3.63, 3.8) is 0 Å². The van der Waals surface area contributed by atoms with E-state index in [0.29, 0.717) is 12.1 Å². The van der Waals surface area contributed by atoms with Crippen LogP contribution >= 0.6 is 11.6 Å². The first-order valence-corrected chi connectivity index (χ1v) is 8.18. The molecule has 2 atom stereocenters. The van der Waals surface area contributed by atoms with Gasteiger partial charge in [0, 0.05) is 17.1 Å². The fourth-order valence-corrected chi connectivity index (χ4v) is 2.74. The number of rotatable bonds is 9. The van der Waals surface area contributed by atoms with E-state index in [-0.39, 0.29) is 0 Å². The van der Waals surface area contributed by atoms with Gasteiger partial charge in [-0.2, -0.15) is 0 Å². The minimum atomic E-state index is 0.345. The monoisotopic (exact) mass is 296 g/mol. The highest BCUT2D eigenvalue weighted by Crippen LogP contribution is 2.18. The number of halogens is 1. The third-order valence-corrected chi connectivity index (χ3v) is 4.12. The smallest absolute Gasteiger partial charge is 0.0409 e. The van der Waals surface area contributed by atoms with Gasteiger partial charge in [-0.25, -0.2) is 0 Å². The number of hydrogen-bond acceptors (Lipinski definition) is 2. The summed E-state index contributed by atoms with van der Waals surface area (Å²) in [6, 6.07) is 8.98. The predicted octanol–water partition coefficient (Wildman–Crippen LogP) is 4.50. The maximum atomic E-state index is 6.04. The van der Waals surface area contributed by atoms with Crippen molar-refractivity contribution in [1.82, 2.24) is 10.2 Å². The molecule has 114 valence electrons. The summed E-state index contributed by atoms with van der Waals surface area (Å²) in [6.45, 7) is 12.4. The van der Waals surface area contributed by atoms with Gasteiger partial charge < -0.3 is 10.2 Å². The van der Waals surface area contributed by atoms with Crippen LogP contribution in [0.3, 0.4) is 0 Å². The molecule has 0 aliphatic carbocycles. The Morgan fingerprint density at radius 3 is 2.50 bits per heavy atom. The Morgan fingerprint density at radius 2 is 1.90 bits per heavy atom. The molecule has 0 saturated carbocycles. The number of nitrogens with zero attached hydrogens (tertiary/aromatic N) is 1. The second-order valence-electron chi connectivity index (χ2n) is 5.51. The Bertz CT molecular complexity index is 377. The third kappa shape index (κ3) is 6.25. The molecule has 0 aromatic heterocycles. The number of hydrogen-bond donors (Lipinski definition) is 1. The topological polar surface area (TPSA) is 15.3 Å². The van der Waals surface area contributed by atoms with Crippen molar-refractivity contribution in [2.75, 3.05) is 19.6 Å². The van der Waals surface area contributed by atoms with Crippen molar-refractivity contribution in [2.24, 2.45) is 0 Å². The molecule has 0 heterocycles. The minimum absolute atomic E-state index is 0.345. The van der Waals surface area contributed by atoms with E-state index in [4.69, 9.17) is 11.6 Å². The Morgan fingerprint density at radius 1 is 1.20 bits per heavy atom. The summed E-state index contributed by atoms with van der Waals surface area (Å²) in [4.78, 5) is 2.48. The first kappa shape index (κ1) is 17.5. The van der Waals surface area contributed by atoms with Gasteiger partial charge in [-0.1, -0.05) is 37.6 Å². The van der Waals surface area contributed by atoms with Gasteiger partial charge in [0.25, 0.3) is 0 Å². The molecule has 2 unspecified atom stereocenters. The Balaban J connectivity index is 2.33. The standard InChI is InChI=1S/C17H29ClN2/c1-5-20(6-2)12-8-9-14(3)19-15(4)16-10-7-11-17(18)13-16/h7,10-11,13-15,19H,5-6,8-9,12H2,1-4H3. The van der Waals surface area contributed by atoms with Crippen molar-refractivity contribution in [3.8, 4) is 0 Å². The molecular formula is C17H29ClN2. The van der Waals surface area contributed by atoms with Crippen LogP contribution in [-0.2, 0) is 0 Å². The Hall–Kier alpha value is -0.570. The van der Waals surface area contributed by atoms with Gasteiger partial charge in [-0.05, 0) is 64.0 Å². The molecule has 1 aromatic rings. The Kier molecular flexibility index (Phi) is 8.20. The molecule has 1 rings (SSSR count). The number of nitrogens with one attached hydrogen (secondary N) is 1. The molecule has 1 aromatic carbocycles. The molecule has 0 amide bonds. The molecule has 0 aliphatic rings. The highest BCUT2D eigenvalue weighted by molar-refractivity contribution is 6.30. The van der Waals surface area contributed by atoms with Crippen molar-refractivity contribution >= 4 is 11.6 Å². The van der Waals surface area contributed by atoms with Crippen LogP contribution in [0.15, 0.2) is 24.3 Å². The molecule has 0 spiro atoms. The lowest BCUT2D eigenvalue weighted by atomic mass is 10.1. The fraction of sp³-hybridized carbons (Fsp3) is 0.647. The molecule has 3 heteroatoms. The molecule has 0 aliphatic heterocycles. The van der Waals surface area contributed by atoms with Crippen LogP contribution in [0.25, 0.3) is 0 Å². The Labute approximate surface area is 129 Å². The van der Waals surface area contributed by atoms with Gasteiger partial charge >= 0.3 is 0 Å². The minimum Gasteiger partial charge on any atom is -0.308 e.